The molecule has 24 heavy (non-hydrogen) atoms. The lowest BCUT2D eigenvalue weighted by Crippen LogP contribution is -2.41. The average molecular weight is 356 g/mol. The molecule has 0 bridgehead atoms. The Morgan fingerprint density at radius 1 is 1.17 bits per heavy atom. The van der Waals surface area contributed by atoms with Gasteiger partial charge in [-0.2, -0.15) is 0 Å². The van der Waals surface area contributed by atoms with Gasteiger partial charge in [-0.3, -0.25) is 0 Å². The molecule has 0 saturated heterocycles. The first-order valence-corrected chi connectivity index (χ1v) is 8.61. The Morgan fingerprint density at radius 2 is 1.83 bits per heavy atom. The lowest BCUT2D eigenvalue weighted by Gasteiger charge is -2.34. The summed E-state index contributed by atoms with van der Waals surface area (Å²) in [6, 6.07) is 7.17. The molecule has 0 radical (unpaired) electrons. The van der Waals surface area contributed by atoms with Crippen molar-refractivity contribution in [2.45, 2.75) is 50.6 Å². The van der Waals surface area contributed by atoms with Crippen molar-refractivity contribution in [1.29, 1.82) is 0 Å². The Kier molecular flexibility index (Phi) is 5.09. The number of hydrogen-bond acceptors (Lipinski definition) is 3. The van der Waals surface area contributed by atoms with Gasteiger partial charge in [0.25, 0.3) is 6.43 Å². The van der Waals surface area contributed by atoms with Crippen LogP contribution in [0.2, 0.25) is 5.02 Å². The van der Waals surface area contributed by atoms with E-state index in [0.29, 0.717) is 35.6 Å². The van der Waals surface area contributed by atoms with Crippen molar-refractivity contribution in [2.24, 2.45) is 0 Å². The highest BCUT2D eigenvalue weighted by Gasteiger charge is 2.48. The van der Waals surface area contributed by atoms with Gasteiger partial charge in [0.2, 0.25) is 0 Å². The van der Waals surface area contributed by atoms with Gasteiger partial charge in [0, 0.05) is 11.4 Å². The van der Waals surface area contributed by atoms with E-state index in [1.165, 1.54) is 0 Å². The van der Waals surface area contributed by atoms with Crippen molar-refractivity contribution in [1.82, 2.24) is 5.32 Å². The van der Waals surface area contributed by atoms with E-state index >= 15 is 0 Å². The third-order valence-electron chi connectivity index (χ3n) is 4.68. The van der Waals surface area contributed by atoms with E-state index in [0.717, 1.165) is 24.8 Å². The number of hydrogen-bond donors (Lipinski definition) is 1. The van der Waals surface area contributed by atoms with Crippen molar-refractivity contribution in [3.8, 4) is 0 Å². The largest absolute Gasteiger partial charge is 0.449 e. The SMILES string of the molecule is O=C1OC2(CCCCC2)C(NCC(F)F)=C1Cc1ccc(Cl)cc1. The molecule has 1 aromatic rings. The number of nitrogens with one attached hydrogen (secondary N) is 1. The molecular formula is C18H20ClF2NO2. The maximum Gasteiger partial charge on any atom is 0.337 e. The first-order chi connectivity index (χ1) is 11.5. The Morgan fingerprint density at radius 3 is 2.46 bits per heavy atom. The van der Waals surface area contributed by atoms with Gasteiger partial charge in [0.1, 0.15) is 0 Å². The molecule has 0 unspecified atom stereocenters. The van der Waals surface area contributed by atoms with Crippen LogP contribution in [0.4, 0.5) is 8.78 Å². The zero-order chi connectivity index (χ0) is 17.2. The van der Waals surface area contributed by atoms with Gasteiger partial charge in [-0.15, -0.1) is 0 Å². The third-order valence-corrected chi connectivity index (χ3v) is 4.93. The molecule has 1 heterocycles. The molecule has 1 aliphatic carbocycles. The second-order valence-electron chi connectivity index (χ2n) is 6.37. The van der Waals surface area contributed by atoms with Crippen molar-refractivity contribution >= 4 is 17.6 Å². The Hall–Kier alpha value is -1.62. The van der Waals surface area contributed by atoms with E-state index in [2.05, 4.69) is 5.32 Å². The summed E-state index contributed by atoms with van der Waals surface area (Å²) in [6.07, 6.45) is 2.19. The monoisotopic (exact) mass is 355 g/mol. The fourth-order valence-corrected chi connectivity index (χ4v) is 3.68. The number of benzene rings is 1. The van der Waals surface area contributed by atoms with Gasteiger partial charge in [0.05, 0.1) is 17.8 Å². The average Bonchev–Trinajstić information content (AvgIpc) is 2.79. The molecule has 1 N–H and O–H groups in total. The number of halogens is 3. The predicted molar refractivity (Wildman–Crippen MR) is 88.1 cm³/mol. The number of carbonyl (C=O) groups excluding carboxylic acids is 1. The van der Waals surface area contributed by atoms with E-state index in [1.807, 2.05) is 12.1 Å². The van der Waals surface area contributed by atoms with Crippen LogP contribution >= 0.6 is 11.6 Å². The quantitative estimate of drug-likeness (QED) is 0.802. The molecule has 0 atom stereocenters. The van der Waals surface area contributed by atoms with E-state index in [1.54, 1.807) is 12.1 Å². The van der Waals surface area contributed by atoms with E-state index in [9.17, 15) is 13.6 Å². The molecule has 0 amide bonds. The Balaban J connectivity index is 1.91. The van der Waals surface area contributed by atoms with Gasteiger partial charge in [-0.05, 0) is 43.4 Å². The predicted octanol–water partition coefficient (Wildman–Crippen LogP) is 4.25. The minimum atomic E-state index is -2.48. The highest BCUT2D eigenvalue weighted by Crippen LogP contribution is 2.43. The van der Waals surface area contributed by atoms with Gasteiger partial charge in [0.15, 0.2) is 5.60 Å². The summed E-state index contributed by atoms with van der Waals surface area (Å²) in [5.41, 5.74) is 1.17. The molecule has 3 nitrogen and oxygen atoms in total. The topological polar surface area (TPSA) is 38.3 Å². The van der Waals surface area contributed by atoms with Crippen LogP contribution in [0.25, 0.3) is 0 Å². The first-order valence-electron chi connectivity index (χ1n) is 8.24. The van der Waals surface area contributed by atoms with Crippen LogP contribution in [0, 0.1) is 0 Å². The summed E-state index contributed by atoms with van der Waals surface area (Å²) in [6.45, 7) is -0.474. The summed E-state index contributed by atoms with van der Waals surface area (Å²) in [7, 11) is 0. The molecule has 6 heteroatoms. The lowest BCUT2D eigenvalue weighted by atomic mass is 9.81. The second kappa shape index (κ2) is 7.09. The molecule has 1 saturated carbocycles. The summed E-state index contributed by atoms with van der Waals surface area (Å²) < 4.78 is 31.1. The highest BCUT2D eigenvalue weighted by atomic mass is 35.5. The highest BCUT2D eigenvalue weighted by molar-refractivity contribution is 6.30. The molecule has 130 valence electrons. The molecule has 3 rings (SSSR count). The lowest BCUT2D eigenvalue weighted by molar-refractivity contribution is -0.149. The maximum atomic E-state index is 12.7. The van der Waals surface area contributed by atoms with Crippen LogP contribution in [0.1, 0.15) is 37.7 Å². The fraction of sp³-hybridized carbons (Fsp3) is 0.500. The molecular weight excluding hydrogens is 336 g/mol. The second-order valence-corrected chi connectivity index (χ2v) is 6.81. The van der Waals surface area contributed by atoms with Gasteiger partial charge < -0.3 is 10.1 Å². The van der Waals surface area contributed by atoms with Crippen molar-refractivity contribution < 1.29 is 18.3 Å². The fourth-order valence-electron chi connectivity index (χ4n) is 3.56. The van der Waals surface area contributed by atoms with E-state index in [-0.39, 0.29) is 0 Å². The third kappa shape index (κ3) is 3.56. The van der Waals surface area contributed by atoms with E-state index < -0.39 is 24.5 Å². The summed E-state index contributed by atoms with van der Waals surface area (Å²) in [4.78, 5) is 12.4. The minimum Gasteiger partial charge on any atom is -0.449 e. The van der Waals surface area contributed by atoms with Crippen molar-refractivity contribution in [3.05, 3.63) is 46.1 Å². The van der Waals surface area contributed by atoms with Gasteiger partial charge in [-0.1, -0.05) is 30.2 Å². The summed E-state index contributed by atoms with van der Waals surface area (Å²) in [5, 5.41) is 3.42. The number of ether oxygens (including phenoxy) is 1. The molecule has 2 aliphatic rings. The van der Waals surface area contributed by atoms with E-state index in [4.69, 9.17) is 16.3 Å². The van der Waals surface area contributed by atoms with Crippen LogP contribution in [-0.4, -0.2) is 24.5 Å². The van der Waals surface area contributed by atoms with Crippen LogP contribution in [0.5, 0.6) is 0 Å². The van der Waals surface area contributed by atoms with Crippen LogP contribution in [-0.2, 0) is 16.0 Å². The zero-order valence-electron chi connectivity index (χ0n) is 13.3. The maximum absolute atomic E-state index is 12.7. The van der Waals surface area contributed by atoms with Gasteiger partial charge in [-0.25, -0.2) is 13.6 Å². The number of rotatable bonds is 5. The number of esters is 1. The number of carbonyl (C=O) groups is 1. The van der Waals surface area contributed by atoms with Crippen LogP contribution in [0.15, 0.2) is 35.5 Å². The smallest absolute Gasteiger partial charge is 0.337 e. The molecule has 0 aromatic heterocycles. The van der Waals surface area contributed by atoms with Crippen molar-refractivity contribution in [3.63, 3.8) is 0 Å². The summed E-state index contributed by atoms with van der Waals surface area (Å²) in [5.74, 6) is -0.399. The van der Waals surface area contributed by atoms with Crippen molar-refractivity contribution in [2.75, 3.05) is 6.54 Å². The molecule has 1 aliphatic heterocycles. The minimum absolute atomic E-state index is 0.351. The molecule has 1 spiro atoms. The normalized spacial score (nSPS) is 19.9. The molecule has 1 aromatic carbocycles. The zero-order valence-corrected chi connectivity index (χ0v) is 14.0. The summed E-state index contributed by atoms with van der Waals surface area (Å²) >= 11 is 5.89. The first kappa shape index (κ1) is 17.2. The van der Waals surface area contributed by atoms with Gasteiger partial charge >= 0.3 is 5.97 Å². The number of alkyl halides is 2. The Bertz CT molecular complexity index is 637. The standard InChI is InChI=1S/C18H20ClF2NO2/c19-13-6-4-12(5-7-13)10-14-16(22-11-15(20)21)18(24-17(14)23)8-2-1-3-9-18/h4-7,15,22H,1-3,8-11H2. The van der Waals surface area contributed by atoms with Crippen LogP contribution in [0.3, 0.4) is 0 Å². The Labute approximate surface area is 145 Å². The molecule has 1 fully saturated rings. The van der Waals surface area contributed by atoms with Crippen LogP contribution < -0.4 is 5.32 Å².